The van der Waals surface area contributed by atoms with E-state index in [1.54, 1.807) is 0 Å². The number of aliphatic carboxylic acids is 1. The number of unbranched alkanes of at least 4 members (excludes halogenated alkanes) is 3. The summed E-state index contributed by atoms with van der Waals surface area (Å²) in [5.41, 5.74) is 0. The normalized spacial score (nSPS) is 16.6. The lowest BCUT2D eigenvalue weighted by atomic mass is 9.98. The Bertz CT molecular complexity index is 324. The van der Waals surface area contributed by atoms with E-state index in [0.717, 1.165) is 51.4 Å². The first-order valence-corrected chi connectivity index (χ1v) is 7.42. The van der Waals surface area contributed by atoms with Crippen molar-refractivity contribution < 1.29 is 19.4 Å². The van der Waals surface area contributed by atoms with Crippen LogP contribution < -0.4 is 5.32 Å². The van der Waals surface area contributed by atoms with E-state index in [9.17, 15) is 14.7 Å². The van der Waals surface area contributed by atoms with E-state index >= 15 is 0 Å². The number of allylic oxidation sites excluding steroid dienone is 1. The molecule has 1 aliphatic rings. The summed E-state index contributed by atoms with van der Waals surface area (Å²) in [6, 6.07) is -0.814. The van der Waals surface area contributed by atoms with Crippen LogP contribution in [0.1, 0.15) is 51.4 Å². The maximum absolute atomic E-state index is 11.6. The molecule has 0 aliphatic heterocycles. The molecule has 1 fully saturated rings. The van der Waals surface area contributed by atoms with Crippen molar-refractivity contribution in [3.63, 3.8) is 0 Å². The number of carboxylic acids is 1. The minimum Gasteiger partial charge on any atom is -0.480 e. The lowest BCUT2D eigenvalue weighted by Crippen LogP contribution is -2.45. The average molecular weight is 283 g/mol. The third-order valence-electron chi connectivity index (χ3n) is 3.70. The van der Waals surface area contributed by atoms with Crippen molar-refractivity contribution in [2.45, 2.75) is 57.4 Å². The molecule has 0 unspecified atom stereocenters. The smallest absolute Gasteiger partial charge is 0.407 e. The van der Waals surface area contributed by atoms with Crippen LogP contribution in [0.2, 0.25) is 0 Å². The van der Waals surface area contributed by atoms with E-state index in [2.05, 4.69) is 11.9 Å². The topological polar surface area (TPSA) is 75.6 Å². The molecule has 1 aliphatic carbocycles. The Morgan fingerprint density at radius 3 is 2.60 bits per heavy atom. The highest BCUT2D eigenvalue weighted by molar-refractivity contribution is 5.80. The van der Waals surface area contributed by atoms with Crippen molar-refractivity contribution >= 4 is 12.1 Å². The van der Waals surface area contributed by atoms with Gasteiger partial charge in [-0.1, -0.05) is 18.9 Å². The highest BCUT2D eigenvalue weighted by Gasteiger charge is 2.32. The summed E-state index contributed by atoms with van der Waals surface area (Å²) in [7, 11) is 0. The van der Waals surface area contributed by atoms with Crippen LogP contribution in [0.5, 0.6) is 0 Å². The minimum absolute atomic E-state index is 0.0349. The average Bonchev–Trinajstić information content (AvgIpc) is 2.93. The van der Waals surface area contributed by atoms with Crippen molar-refractivity contribution in [3.05, 3.63) is 12.7 Å². The Morgan fingerprint density at radius 2 is 2.00 bits per heavy atom. The number of carboxylic acid groups (broad SMARTS) is 1. The summed E-state index contributed by atoms with van der Waals surface area (Å²) >= 11 is 0. The molecule has 0 bridgehead atoms. The second kappa shape index (κ2) is 9.39. The number of ether oxygens (including phenoxy) is 1. The molecule has 1 saturated carbocycles. The van der Waals surface area contributed by atoms with Crippen molar-refractivity contribution in [1.29, 1.82) is 0 Å². The molecule has 1 atom stereocenters. The molecule has 0 spiro atoms. The van der Waals surface area contributed by atoms with E-state index in [0.29, 0.717) is 6.61 Å². The molecule has 0 aromatic rings. The van der Waals surface area contributed by atoms with Crippen LogP contribution in [-0.2, 0) is 9.53 Å². The number of alkyl carbamates (subject to hydrolysis) is 1. The molecule has 0 aromatic heterocycles. The summed E-state index contributed by atoms with van der Waals surface area (Å²) in [6.45, 7) is 3.98. The minimum atomic E-state index is -0.972. The maximum atomic E-state index is 11.6. The number of amides is 1. The van der Waals surface area contributed by atoms with E-state index in [-0.39, 0.29) is 5.92 Å². The van der Waals surface area contributed by atoms with Crippen molar-refractivity contribution in [1.82, 2.24) is 5.32 Å². The van der Waals surface area contributed by atoms with Crippen molar-refractivity contribution in [3.8, 4) is 0 Å². The van der Waals surface area contributed by atoms with Gasteiger partial charge in [0.1, 0.15) is 6.04 Å². The Kier molecular flexibility index (Phi) is 7.77. The van der Waals surface area contributed by atoms with E-state index in [4.69, 9.17) is 4.74 Å². The molecular formula is C15H25NO4. The summed E-state index contributed by atoms with van der Waals surface area (Å²) < 4.78 is 5.02. The number of carbonyl (C=O) groups excluding carboxylic acids is 1. The van der Waals surface area contributed by atoms with Gasteiger partial charge in [-0.05, 0) is 44.4 Å². The van der Waals surface area contributed by atoms with Gasteiger partial charge in [0.2, 0.25) is 0 Å². The third kappa shape index (κ3) is 6.08. The number of hydrogen-bond acceptors (Lipinski definition) is 3. The number of rotatable bonds is 9. The number of hydrogen-bond donors (Lipinski definition) is 2. The molecule has 5 heteroatoms. The summed E-state index contributed by atoms with van der Waals surface area (Å²) in [5.74, 6) is -0.938. The highest BCUT2D eigenvalue weighted by atomic mass is 16.5. The van der Waals surface area contributed by atoms with Gasteiger partial charge >= 0.3 is 12.1 Å². The van der Waals surface area contributed by atoms with Crippen LogP contribution >= 0.6 is 0 Å². The van der Waals surface area contributed by atoms with Gasteiger partial charge < -0.3 is 15.2 Å². The van der Waals surface area contributed by atoms with Crippen LogP contribution in [0.15, 0.2) is 12.7 Å². The Hall–Kier alpha value is -1.52. The number of nitrogens with one attached hydrogen (secondary N) is 1. The summed E-state index contributed by atoms with van der Waals surface area (Å²) in [6.07, 6.45) is 8.82. The van der Waals surface area contributed by atoms with Gasteiger partial charge in [0.05, 0.1) is 6.61 Å². The van der Waals surface area contributed by atoms with Gasteiger partial charge in [0.25, 0.3) is 0 Å². The first-order valence-electron chi connectivity index (χ1n) is 7.42. The van der Waals surface area contributed by atoms with Crippen LogP contribution in [0, 0.1) is 5.92 Å². The first-order chi connectivity index (χ1) is 9.65. The van der Waals surface area contributed by atoms with Gasteiger partial charge in [-0.2, -0.15) is 0 Å². The van der Waals surface area contributed by atoms with Gasteiger partial charge in [0.15, 0.2) is 0 Å². The monoisotopic (exact) mass is 283 g/mol. The molecule has 0 radical (unpaired) electrons. The zero-order valence-corrected chi connectivity index (χ0v) is 12.0. The third-order valence-corrected chi connectivity index (χ3v) is 3.70. The lowest BCUT2D eigenvalue weighted by Gasteiger charge is -2.20. The zero-order valence-electron chi connectivity index (χ0n) is 12.0. The van der Waals surface area contributed by atoms with Crippen LogP contribution in [0.25, 0.3) is 0 Å². The second-order valence-corrected chi connectivity index (χ2v) is 5.28. The van der Waals surface area contributed by atoms with Crippen molar-refractivity contribution in [2.24, 2.45) is 5.92 Å². The molecule has 0 saturated heterocycles. The van der Waals surface area contributed by atoms with Gasteiger partial charge in [0, 0.05) is 0 Å². The van der Waals surface area contributed by atoms with Crippen LogP contribution in [0.4, 0.5) is 4.79 Å². The molecule has 114 valence electrons. The van der Waals surface area contributed by atoms with Gasteiger partial charge in [-0.25, -0.2) is 9.59 Å². The summed E-state index contributed by atoms with van der Waals surface area (Å²) in [5, 5.41) is 11.7. The molecule has 0 heterocycles. The van der Waals surface area contributed by atoms with Gasteiger partial charge in [-0.15, -0.1) is 6.58 Å². The zero-order chi connectivity index (χ0) is 14.8. The van der Waals surface area contributed by atoms with Crippen LogP contribution in [-0.4, -0.2) is 29.8 Å². The summed E-state index contributed by atoms with van der Waals surface area (Å²) in [4.78, 5) is 22.8. The molecule has 1 rings (SSSR count). The van der Waals surface area contributed by atoms with Crippen molar-refractivity contribution in [2.75, 3.05) is 6.61 Å². The fraction of sp³-hybridized carbons (Fsp3) is 0.733. The first kappa shape index (κ1) is 16.5. The molecule has 2 N–H and O–H groups in total. The Morgan fingerprint density at radius 1 is 1.30 bits per heavy atom. The SMILES string of the molecule is C=CCCCCCOC(=O)N[C@H](C(=O)O)C1CCCC1. The maximum Gasteiger partial charge on any atom is 0.407 e. The molecular weight excluding hydrogens is 258 g/mol. The quantitative estimate of drug-likeness (QED) is 0.503. The lowest BCUT2D eigenvalue weighted by molar-refractivity contribution is -0.140. The van der Waals surface area contributed by atoms with E-state index in [1.807, 2.05) is 6.08 Å². The van der Waals surface area contributed by atoms with E-state index < -0.39 is 18.1 Å². The van der Waals surface area contributed by atoms with Gasteiger partial charge in [-0.3, -0.25) is 0 Å². The molecule has 5 nitrogen and oxygen atoms in total. The second-order valence-electron chi connectivity index (χ2n) is 5.28. The predicted octanol–water partition coefficient (Wildman–Crippen LogP) is 3.10. The fourth-order valence-corrected chi connectivity index (χ4v) is 2.57. The fourth-order valence-electron chi connectivity index (χ4n) is 2.57. The Labute approximate surface area is 120 Å². The van der Waals surface area contributed by atoms with Crippen LogP contribution in [0.3, 0.4) is 0 Å². The highest BCUT2D eigenvalue weighted by Crippen LogP contribution is 2.27. The molecule has 20 heavy (non-hydrogen) atoms. The Balaban J connectivity index is 2.21. The largest absolute Gasteiger partial charge is 0.480 e. The number of carbonyl (C=O) groups is 2. The molecule has 0 aromatic carbocycles. The van der Waals surface area contributed by atoms with E-state index in [1.165, 1.54) is 0 Å². The molecule has 1 amide bonds. The predicted molar refractivity (Wildman–Crippen MR) is 76.5 cm³/mol. The standard InChI is InChI=1S/C15H25NO4/c1-2-3-4-5-8-11-20-15(19)16-13(14(17)18)12-9-6-7-10-12/h2,12-13H,1,3-11H2,(H,16,19)(H,17,18)/t13-/m0/s1.